The summed E-state index contributed by atoms with van der Waals surface area (Å²) in [7, 11) is -3.58. The number of carbonyl (C=O) groups is 1. The van der Waals surface area contributed by atoms with Crippen LogP contribution in [0.15, 0.2) is 83.8 Å². The van der Waals surface area contributed by atoms with E-state index in [1.165, 1.54) is 12.1 Å². The van der Waals surface area contributed by atoms with Crippen LogP contribution >= 0.6 is 0 Å². The molecule has 0 unspecified atom stereocenters. The lowest BCUT2D eigenvalue weighted by atomic mass is 10.0. The maximum atomic E-state index is 12.4. The van der Waals surface area contributed by atoms with Crippen molar-refractivity contribution in [2.75, 3.05) is 11.9 Å². The fraction of sp³-hybridized carbons (Fsp3) is 0.208. The van der Waals surface area contributed by atoms with Crippen LogP contribution in [-0.2, 0) is 21.2 Å². The largest absolute Gasteiger partial charge is 0.483 e. The number of anilines is 1. The molecule has 4 rings (SSSR count). The monoisotopic (exact) mass is 436 g/mol. The summed E-state index contributed by atoms with van der Waals surface area (Å²) < 4.78 is 33.1. The van der Waals surface area contributed by atoms with E-state index in [2.05, 4.69) is 10.0 Å². The van der Waals surface area contributed by atoms with Crippen LogP contribution < -0.4 is 14.8 Å². The first-order chi connectivity index (χ1) is 15.0. The lowest BCUT2D eigenvalue weighted by Crippen LogP contribution is -2.26. The van der Waals surface area contributed by atoms with Crippen LogP contribution in [0.4, 0.5) is 5.69 Å². The predicted octanol–water partition coefficient (Wildman–Crippen LogP) is 3.74. The second kappa shape index (κ2) is 9.32. The van der Waals surface area contributed by atoms with Gasteiger partial charge in [0.25, 0.3) is 5.91 Å². The average Bonchev–Trinajstić information content (AvgIpc) is 3.57. The minimum atomic E-state index is -3.58. The number of carbonyl (C=O) groups excluding carboxylic acids is 1. The Morgan fingerprint density at radius 3 is 2.45 bits per heavy atom. The molecule has 6 nitrogen and oxygen atoms in total. The minimum Gasteiger partial charge on any atom is -0.483 e. The normalized spacial score (nSPS) is 13.5. The van der Waals surface area contributed by atoms with Crippen molar-refractivity contribution in [2.24, 2.45) is 0 Å². The fourth-order valence-corrected chi connectivity index (χ4v) is 4.53. The summed E-state index contributed by atoms with van der Waals surface area (Å²) in [5, 5.41) is 2.71. The van der Waals surface area contributed by atoms with Crippen molar-refractivity contribution in [3.8, 4) is 5.75 Å². The van der Waals surface area contributed by atoms with Crippen molar-refractivity contribution in [1.29, 1.82) is 0 Å². The number of hydrogen-bond donors (Lipinski definition) is 2. The molecule has 3 aromatic rings. The first-order valence-corrected chi connectivity index (χ1v) is 11.6. The third-order valence-electron chi connectivity index (χ3n) is 4.90. The third kappa shape index (κ3) is 5.93. The minimum absolute atomic E-state index is 0.0209. The van der Waals surface area contributed by atoms with Crippen LogP contribution in [0.3, 0.4) is 0 Å². The zero-order chi connectivity index (χ0) is 21.7. The van der Waals surface area contributed by atoms with Gasteiger partial charge in [-0.3, -0.25) is 4.79 Å². The molecule has 160 valence electrons. The van der Waals surface area contributed by atoms with Crippen LogP contribution in [0, 0.1) is 0 Å². The lowest BCUT2D eigenvalue weighted by Gasteiger charge is -2.12. The molecule has 2 N–H and O–H groups in total. The number of hydrogen-bond acceptors (Lipinski definition) is 4. The molecule has 7 heteroatoms. The van der Waals surface area contributed by atoms with Crippen molar-refractivity contribution in [3.63, 3.8) is 0 Å². The Hall–Kier alpha value is -3.16. The van der Waals surface area contributed by atoms with Gasteiger partial charge in [0.1, 0.15) is 5.75 Å². The highest BCUT2D eigenvalue weighted by atomic mass is 32.2. The number of sulfonamides is 1. The van der Waals surface area contributed by atoms with Crippen LogP contribution in [-0.4, -0.2) is 27.0 Å². The van der Waals surface area contributed by atoms with Gasteiger partial charge in [-0.2, -0.15) is 0 Å². The van der Waals surface area contributed by atoms with E-state index in [-0.39, 0.29) is 23.5 Å². The van der Waals surface area contributed by atoms with Gasteiger partial charge in [0.2, 0.25) is 10.0 Å². The molecule has 1 aliphatic carbocycles. The average molecular weight is 437 g/mol. The summed E-state index contributed by atoms with van der Waals surface area (Å²) in [6.07, 6.45) is 2.42. The van der Waals surface area contributed by atoms with Gasteiger partial charge >= 0.3 is 0 Å². The van der Waals surface area contributed by atoms with E-state index in [0.29, 0.717) is 17.9 Å². The number of rotatable bonds is 9. The zero-order valence-electron chi connectivity index (χ0n) is 17.0. The van der Waals surface area contributed by atoms with E-state index >= 15 is 0 Å². The summed E-state index contributed by atoms with van der Waals surface area (Å²) in [5.74, 6) is 0.283. The fourth-order valence-electron chi connectivity index (χ4n) is 3.18. The Morgan fingerprint density at radius 1 is 0.935 bits per heavy atom. The molecule has 1 saturated carbocycles. The van der Waals surface area contributed by atoms with E-state index in [1.54, 1.807) is 12.1 Å². The second-order valence-electron chi connectivity index (χ2n) is 7.53. The first kappa shape index (κ1) is 21.1. The Balaban J connectivity index is 1.37. The zero-order valence-corrected chi connectivity index (χ0v) is 17.8. The van der Waals surface area contributed by atoms with E-state index in [0.717, 1.165) is 24.0 Å². The Morgan fingerprint density at radius 2 is 1.68 bits per heavy atom. The van der Waals surface area contributed by atoms with Gasteiger partial charge in [0, 0.05) is 18.2 Å². The van der Waals surface area contributed by atoms with E-state index < -0.39 is 10.0 Å². The van der Waals surface area contributed by atoms with Crippen molar-refractivity contribution in [2.45, 2.75) is 30.2 Å². The van der Waals surface area contributed by atoms with Gasteiger partial charge in [-0.05, 0) is 48.2 Å². The quantitative estimate of drug-likeness (QED) is 0.535. The first-order valence-electron chi connectivity index (χ1n) is 10.2. The van der Waals surface area contributed by atoms with Crippen LogP contribution in [0.5, 0.6) is 5.75 Å². The molecule has 0 heterocycles. The Bertz CT molecular complexity index is 1160. The molecule has 0 saturated heterocycles. The SMILES string of the molecule is O=C(COc1ccccc1Cc1ccccc1)Nc1cccc(S(=O)(=O)NC2CC2)c1. The van der Waals surface area contributed by atoms with Crippen LogP contribution in [0.2, 0.25) is 0 Å². The number of nitrogens with one attached hydrogen (secondary N) is 2. The molecule has 1 fully saturated rings. The standard InChI is InChI=1S/C24H24N2O4S/c27-24(25-21-10-6-11-22(16-21)31(28,29)26-20-13-14-20)17-30-23-12-5-4-9-19(23)15-18-7-2-1-3-8-18/h1-12,16,20,26H,13-15,17H2,(H,25,27). The molecule has 0 spiro atoms. The molecule has 0 atom stereocenters. The van der Waals surface area contributed by atoms with Crippen molar-refractivity contribution >= 4 is 21.6 Å². The van der Waals surface area contributed by atoms with Gasteiger partial charge in [0.05, 0.1) is 4.90 Å². The highest BCUT2D eigenvalue weighted by molar-refractivity contribution is 7.89. The van der Waals surface area contributed by atoms with Crippen molar-refractivity contribution in [1.82, 2.24) is 4.72 Å². The van der Waals surface area contributed by atoms with E-state index in [4.69, 9.17) is 4.74 Å². The smallest absolute Gasteiger partial charge is 0.262 e. The Labute approximate surface area is 182 Å². The van der Waals surface area contributed by atoms with Gasteiger partial charge in [-0.15, -0.1) is 0 Å². The highest BCUT2D eigenvalue weighted by Gasteiger charge is 2.28. The van der Waals surface area contributed by atoms with Crippen molar-refractivity contribution in [3.05, 3.63) is 90.0 Å². The summed E-state index contributed by atoms with van der Waals surface area (Å²) in [6, 6.07) is 23.9. The topological polar surface area (TPSA) is 84.5 Å². The number of ether oxygens (including phenoxy) is 1. The molecular formula is C24H24N2O4S. The van der Waals surface area contributed by atoms with Gasteiger partial charge in [-0.1, -0.05) is 54.6 Å². The molecule has 0 aliphatic heterocycles. The summed E-state index contributed by atoms with van der Waals surface area (Å²) in [5.41, 5.74) is 2.55. The number of para-hydroxylation sites is 1. The van der Waals surface area contributed by atoms with Crippen molar-refractivity contribution < 1.29 is 17.9 Å². The molecular weight excluding hydrogens is 412 g/mol. The highest BCUT2D eigenvalue weighted by Crippen LogP contribution is 2.24. The molecule has 1 amide bonds. The third-order valence-corrected chi connectivity index (χ3v) is 6.41. The van der Waals surface area contributed by atoms with E-state index in [1.807, 2.05) is 54.6 Å². The summed E-state index contributed by atoms with van der Waals surface area (Å²) in [6.45, 7) is -0.177. The molecule has 0 radical (unpaired) electrons. The van der Waals surface area contributed by atoms with E-state index in [9.17, 15) is 13.2 Å². The van der Waals surface area contributed by atoms with Gasteiger partial charge in [0.15, 0.2) is 6.61 Å². The number of amides is 1. The summed E-state index contributed by atoms with van der Waals surface area (Å²) >= 11 is 0. The maximum absolute atomic E-state index is 12.4. The molecule has 0 aromatic heterocycles. The molecule has 0 bridgehead atoms. The van der Waals surface area contributed by atoms with Crippen LogP contribution in [0.1, 0.15) is 24.0 Å². The molecule has 1 aliphatic rings. The van der Waals surface area contributed by atoms with Gasteiger partial charge < -0.3 is 10.1 Å². The second-order valence-corrected chi connectivity index (χ2v) is 9.24. The Kier molecular flexibility index (Phi) is 6.34. The molecule has 3 aromatic carbocycles. The van der Waals surface area contributed by atoms with Gasteiger partial charge in [-0.25, -0.2) is 13.1 Å². The lowest BCUT2D eigenvalue weighted by molar-refractivity contribution is -0.118. The maximum Gasteiger partial charge on any atom is 0.262 e. The van der Waals surface area contributed by atoms with Crippen LogP contribution in [0.25, 0.3) is 0 Å². The molecule has 31 heavy (non-hydrogen) atoms. The summed E-state index contributed by atoms with van der Waals surface area (Å²) in [4.78, 5) is 12.5. The number of benzene rings is 3. The predicted molar refractivity (Wildman–Crippen MR) is 120 cm³/mol.